The molecule has 0 aliphatic rings. The predicted molar refractivity (Wildman–Crippen MR) is 66.2 cm³/mol. The summed E-state index contributed by atoms with van der Waals surface area (Å²) in [7, 11) is 1.38. The van der Waals surface area contributed by atoms with E-state index >= 15 is 0 Å². The van der Waals surface area contributed by atoms with Crippen LogP contribution < -0.4 is 5.73 Å². The lowest BCUT2D eigenvalue weighted by Gasteiger charge is -2.35. The Morgan fingerprint density at radius 1 is 1.12 bits per heavy atom. The van der Waals surface area contributed by atoms with Gasteiger partial charge >= 0.3 is 9.05 Å². The smallest absolute Gasteiger partial charge is 0.355 e. The highest BCUT2D eigenvalue weighted by atomic mass is 28.4. The second-order valence-electron chi connectivity index (χ2n) is 3.67. The minimum absolute atomic E-state index is 0.530. The molecule has 6 nitrogen and oxygen atoms in total. The highest BCUT2D eigenvalue weighted by Crippen LogP contribution is 2.25. The molecule has 0 aliphatic carbocycles. The van der Waals surface area contributed by atoms with Crippen LogP contribution in [0.3, 0.4) is 0 Å². The summed E-state index contributed by atoms with van der Waals surface area (Å²) in [6.45, 7) is 4.85. The van der Waals surface area contributed by atoms with Crippen molar-refractivity contribution in [2.75, 3.05) is 34.5 Å². The molecule has 0 rings (SSSR count). The van der Waals surface area contributed by atoms with Gasteiger partial charge in [-0.05, 0) is 26.8 Å². The van der Waals surface area contributed by atoms with Crippen molar-refractivity contribution in [1.29, 1.82) is 0 Å². The van der Waals surface area contributed by atoms with E-state index in [1.165, 1.54) is 21.3 Å². The molecule has 0 saturated carbocycles. The Bertz CT molecular complexity index is 195. The molecule has 0 heterocycles. The summed E-state index contributed by atoms with van der Waals surface area (Å²) in [5.41, 5.74) is 5.50. The Labute approximate surface area is 105 Å². The van der Waals surface area contributed by atoms with Gasteiger partial charge in [-0.3, -0.25) is 0 Å². The molecule has 2 N–H and O–H groups in total. The number of nitrogens with two attached hydrogens (primary N) is 1. The Kier molecular flexibility index (Phi) is 8.13. The summed E-state index contributed by atoms with van der Waals surface area (Å²) in [5.74, 6) is -0.803. The standard InChI is InChI=1S/C10H25NO5Si/c1-6-15-10(2,8-7-9-11)16-17(12-3,13-4)14-5/h6-9,11H2,1-5H3. The molecular weight excluding hydrogens is 242 g/mol. The summed E-state index contributed by atoms with van der Waals surface area (Å²) in [6.07, 6.45) is 1.44. The van der Waals surface area contributed by atoms with Crippen molar-refractivity contribution in [3.8, 4) is 0 Å². The first kappa shape index (κ1) is 17.0. The average Bonchev–Trinajstić information content (AvgIpc) is 2.34. The third-order valence-corrected chi connectivity index (χ3v) is 4.56. The van der Waals surface area contributed by atoms with E-state index in [9.17, 15) is 0 Å². The lowest BCUT2D eigenvalue weighted by molar-refractivity contribution is -0.214. The van der Waals surface area contributed by atoms with Crippen LogP contribution in [0.4, 0.5) is 0 Å². The van der Waals surface area contributed by atoms with Crippen LogP contribution in [-0.2, 0) is 22.4 Å². The van der Waals surface area contributed by atoms with Gasteiger partial charge in [0.15, 0.2) is 5.79 Å². The van der Waals surface area contributed by atoms with Crippen LogP contribution in [0, 0.1) is 0 Å². The van der Waals surface area contributed by atoms with E-state index in [1.54, 1.807) is 0 Å². The van der Waals surface area contributed by atoms with Gasteiger partial charge in [-0.15, -0.1) is 0 Å². The predicted octanol–water partition coefficient (Wildman–Crippen LogP) is 0.869. The average molecular weight is 267 g/mol. The molecule has 0 spiro atoms. The van der Waals surface area contributed by atoms with Gasteiger partial charge in [0, 0.05) is 34.4 Å². The van der Waals surface area contributed by atoms with Crippen LogP contribution in [-0.4, -0.2) is 49.3 Å². The zero-order valence-electron chi connectivity index (χ0n) is 11.4. The first-order chi connectivity index (χ1) is 8.01. The van der Waals surface area contributed by atoms with Crippen molar-refractivity contribution in [2.45, 2.75) is 32.5 Å². The number of hydrogen-bond donors (Lipinski definition) is 1. The minimum Gasteiger partial charge on any atom is -0.355 e. The van der Waals surface area contributed by atoms with Gasteiger partial charge in [-0.1, -0.05) is 0 Å². The van der Waals surface area contributed by atoms with Crippen molar-refractivity contribution in [3.05, 3.63) is 0 Å². The lowest BCUT2D eigenvalue weighted by Crippen LogP contribution is -2.53. The van der Waals surface area contributed by atoms with E-state index in [0.29, 0.717) is 19.6 Å². The summed E-state index contributed by atoms with van der Waals surface area (Å²) >= 11 is 0. The quantitative estimate of drug-likeness (QED) is 0.468. The molecule has 0 radical (unpaired) electrons. The van der Waals surface area contributed by atoms with Crippen LogP contribution in [0.2, 0.25) is 0 Å². The van der Waals surface area contributed by atoms with E-state index in [1.807, 2.05) is 13.8 Å². The van der Waals surface area contributed by atoms with Crippen LogP contribution in [0.1, 0.15) is 26.7 Å². The lowest BCUT2D eigenvalue weighted by atomic mass is 10.2. The van der Waals surface area contributed by atoms with Crippen LogP contribution >= 0.6 is 0 Å². The van der Waals surface area contributed by atoms with E-state index in [4.69, 9.17) is 28.2 Å². The minimum atomic E-state index is -3.11. The SMILES string of the molecule is CCOC(C)(CCCN)O[Si](OC)(OC)OC. The maximum absolute atomic E-state index is 5.81. The fourth-order valence-corrected chi connectivity index (χ4v) is 2.96. The Hall–Kier alpha value is -0.0231. The second kappa shape index (κ2) is 8.14. The fraction of sp³-hybridized carbons (Fsp3) is 1.00. The molecule has 0 saturated heterocycles. The van der Waals surface area contributed by atoms with Crippen molar-refractivity contribution in [3.63, 3.8) is 0 Å². The normalized spacial score (nSPS) is 15.9. The fourth-order valence-electron chi connectivity index (χ4n) is 1.52. The van der Waals surface area contributed by atoms with Gasteiger partial charge in [0.25, 0.3) is 0 Å². The van der Waals surface area contributed by atoms with Gasteiger partial charge in [-0.25, -0.2) is 0 Å². The molecule has 7 heteroatoms. The highest BCUT2D eigenvalue weighted by Gasteiger charge is 2.49. The highest BCUT2D eigenvalue weighted by molar-refractivity contribution is 6.53. The second-order valence-corrected chi connectivity index (χ2v) is 6.10. The molecule has 0 bridgehead atoms. The first-order valence-electron chi connectivity index (χ1n) is 5.71. The first-order valence-corrected chi connectivity index (χ1v) is 7.34. The summed E-state index contributed by atoms with van der Waals surface area (Å²) in [5, 5.41) is 0. The van der Waals surface area contributed by atoms with Gasteiger partial charge in [0.2, 0.25) is 0 Å². The number of ether oxygens (including phenoxy) is 1. The van der Waals surface area contributed by atoms with E-state index < -0.39 is 14.8 Å². The maximum atomic E-state index is 5.81. The van der Waals surface area contributed by atoms with Crippen LogP contribution in [0.25, 0.3) is 0 Å². The van der Waals surface area contributed by atoms with Gasteiger partial charge in [0.05, 0.1) is 0 Å². The van der Waals surface area contributed by atoms with Crippen LogP contribution in [0.5, 0.6) is 0 Å². The molecule has 0 aliphatic heterocycles. The van der Waals surface area contributed by atoms with E-state index in [2.05, 4.69) is 0 Å². The van der Waals surface area contributed by atoms with Crippen molar-refractivity contribution >= 4 is 9.05 Å². The largest absolute Gasteiger partial charge is 0.681 e. The Balaban J connectivity index is 4.69. The van der Waals surface area contributed by atoms with Crippen LogP contribution in [0.15, 0.2) is 0 Å². The van der Waals surface area contributed by atoms with Gasteiger partial charge < -0.3 is 28.2 Å². The summed E-state index contributed by atoms with van der Waals surface area (Å²) < 4.78 is 27.1. The van der Waals surface area contributed by atoms with Crippen molar-refractivity contribution in [2.24, 2.45) is 5.73 Å². The number of rotatable bonds is 10. The van der Waals surface area contributed by atoms with Gasteiger partial charge in [-0.2, -0.15) is 0 Å². The molecule has 0 aromatic rings. The molecule has 0 fully saturated rings. The molecule has 0 aromatic heterocycles. The van der Waals surface area contributed by atoms with Crippen molar-refractivity contribution < 1.29 is 22.4 Å². The summed E-state index contributed by atoms with van der Waals surface area (Å²) in [6, 6.07) is 0. The third-order valence-electron chi connectivity index (χ3n) is 2.38. The van der Waals surface area contributed by atoms with Gasteiger partial charge in [0.1, 0.15) is 0 Å². The third kappa shape index (κ3) is 5.43. The molecule has 1 unspecified atom stereocenters. The zero-order chi connectivity index (χ0) is 13.4. The topological polar surface area (TPSA) is 72.2 Å². The maximum Gasteiger partial charge on any atom is 0.681 e. The molecule has 104 valence electrons. The Morgan fingerprint density at radius 3 is 2.00 bits per heavy atom. The molecule has 1 atom stereocenters. The van der Waals surface area contributed by atoms with E-state index in [0.717, 1.165) is 6.42 Å². The Morgan fingerprint density at radius 2 is 1.65 bits per heavy atom. The molecule has 0 aromatic carbocycles. The monoisotopic (exact) mass is 267 g/mol. The van der Waals surface area contributed by atoms with Crippen molar-refractivity contribution in [1.82, 2.24) is 0 Å². The molecule has 17 heavy (non-hydrogen) atoms. The molecule has 0 amide bonds. The zero-order valence-corrected chi connectivity index (χ0v) is 12.4. The van der Waals surface area contributed by atoms with E-state index in [-0.39, 0.29) is 0 Å². The number of hydrogen-bond acceptors (Lipinski definition) is 6. The summed E-state index contributed by atoms with van der Waals surface area (Å²) in [4.78, 5) is 0. The molecular formula is C10H25NO5Si.